The van der Waals surface area contributed by atoms with Gasteiger partial charge in [-0.15, -0.1) is 0 Å². The second kappa shape index (κ2) is 5.06. The lowest BCUT2D eigenvalue weighted by Crippen LogP contribution is -2.32. The molecule has 1 rings (SSSR count). The number of benzene rings is 1. The minimum absolute atomic E-state index is 0.121. The molecule has 0 aliphatic heterocycles. The van der Waals surface area contributed by atoms with E-state index in [-0.39, 0.29) is 18.8 Å². The van der Waals surface area contributed by atoms with Crippen LogP contribution in [0.2, 0.25) is 0 Å². The van der Waals surface area contributed by atoms with Crippen LogP contribution in [0.15, 0.2) is 24.3 Å². The molecule has 0 bridgehead atoms. The maximum absolute atomic E-state index is 13.0. The summed E-state index contributed by atoms with van der Waals surface area (Å²) in [7, 11) is -3.82. The van der Waals surface area contributed by atoms with Crippen molar-refractivity contribution in [2.45, 2.75) is 0 Å². The summed E-state index contributed by atoms with van der Waals surface area (Å²) < 4.78 is 39.5. The van der Waals surface area contributed by atoms with Crippen molar-refractivity contribution in [1.29, 1.82) is 0 Å². The number of anilines is 1. The molecule has 0 fully saturated rings. The fourth-order valence-electron chi connectivity index (χ4n) is 0.905. The SMILES string of the molecule is O=S(=O)(NCCO)Nc1ccccc1F. The summed E-state index contributed by atoms with van der Waals surface area (Å²) in [5.74, 6) is -0.660. The van der Waals surface area contributed by atoms with Gasteiger partial charge in [0.25, 0.3) is 10.2 Å². The number of nitrogens with one attached hydrogen (secondary N) is 2. The summed E-state index contributed by atoms with van der Waals surface area (Å²) in [4.78, 5) is 0. The Kier molecular flexibility index (Phi) is 4.01. The van der Waals surface area contributed by atoms with Crippen molar-refractivity contribution in [2.75, 3.05) is 17.9 Å². The molecule has 0 saturated carbocycles. The van der Waals surface area contributed by atoms with Gasteiger partial charge in [-0.3, -0.25) is 4.72 Å². The van der Waals surface area contributed by atoms with Gasteiger partial charge in [-0.1, -0.05) is 12.1 Å². The Bertz CT molecular complexity index is 422. The summed E-state index contributed by atoms with van der Waals surface area (Å²) >= 11 is 0. The lowest BCUT2D eigenvalue weighted by Gasteiger charge is -2.08. The predicted molar refractivity (Wildman–Crippen MR) is 54.0 cm³/mol. The van der Waals surface area contributed by atoms with E-state index in [1.165, 1.54) is 18.2 Å². The van der Waals surface area contributed by atoms with E-state index in [0.29, 0.717) is 0 Å². The maximum Gasteiger partial charge on any atom is 0.299 e. The van der Waals surface area contributed by atoms with Crippen LogP contribution in [0.1, 0.15) is 0 Å². The first kappa shape index (κ1) is 11.9. The van der Waals surface area contributed by atoms with Gasteiger partial charge < -0.3 is 5.11 Å². The highest BCUT2D eigenvalue weighted by atomic mass is 32.2. The molecule has 0 saturated heterocycles. The van der Waals surface area contributed by atoms with Crippen LogP contribution >= 0.6 is 0 Å². The molecule has 5 nitrogen and oxygen atoms in total. The van der Waals surface area contributed by atoms with E-state index < -0.39 is 16.0 Å². The first-order chi connectivity index (χ1) is 7.05. The molecule has 15 heavy (non-hydrogen) atoms. The first-order valence-corrected chi connectivity index (χ1v) is 5.66. The average molecular weight is 234 g/mol. The van der Waals surface area contributed by atoms with Crippen molar-refractivity contribution in [1.82, 2.24) is 4.72 Å². The maximum atomic E-state index is 13.0. The largest absolute Gasteiger partial charge is 0.395 e. The molecule has 1 aromatic carbocycles. The molecule has 0 aliphatic rings. The summed E-state index contributed by atoms with van der Waals surface area (Å²) in [6, 6.07) is 5.40. The highest BCUT2D eigenvalue weighted by Gasteiger charge is 2.10. The molecule has 84 valence electrons. The zero-order valence-corrected chi connectivity index (χ0v) is 8.59. The molecule has 0 aromatic heterocycles. The Labute approximate surface area is 87.1 Å². The Balaban J connectivity index is 2.74. The van der Waals surface area contributed by atoms with Gasteiger partial charge >= 0.3 is 0 Å². The molecule has 0 radical (unpaired) electrons. The first-order valence-electron chi connectivity index (χ1n) is 4.18. The zero-order chi connectivity index (χ0) is 11.3. The molecule has 0 heterocycles. The van der Waals surface area contributed by atoms with Gasteiger partial charge in [-0.2, -0.15) is 13.1 Å². The Morgan fingerprint density at radius 1 is 1.33 bits per heavy atom. The molecule has 0 unspecified atom stereocenters. The lowest BCUT2D eigenvalue weighted by atomic mass is 10.3. The zero-order valence-electron chi connectivity index (χ0n) is 7.77. The lowest BCUT2D eigenvalue weighted by molar-refractivity contribution is 0.301. The van der Waals surface area contributed by atoms with E-state index in [1.807, 2.05) is 9.44 Å². The summed E-state index contributed by atoms with van der Waals surface area (Å²) in [6.45, 7) is -0.442. The van der Waals surface area contributed by atoms with Crippen LogP contribution in [0.3, 0.4) is 0 Å². The molecule has 7 heteroatoms. The van der Waals surface area contributed by atoms with Crippen LogP contribution in [0, 0.1) is 5.82 Å². The van der Waals surface area contributed by atoms with Crippen LogP contribution < -0.4 is 9.44 Å². The quantitative estimate of drug-likeness (QED) is 0.674. The third-order valence-electron chi connectivity index (χ3n) is 1.52. The van der Waals surface area contributed by atoms with Gasteiger partial charge in [0.05, 0.1) is 12.3 Å². The number of aliphatic hydroxyl groups excluding tert-OH is 1. The molecule has 0 aliphatic carbocycles. The van der Waals surface area contributed by atoms with Gasteiger partial charge in [-0.05, 0) is 12.1 Å². The van der Waals surface area contributed by atoms with Crippen LogP contribution in [-0.4, -0.2) is 26.7 Å². The third kappa shape index (κ3) is 3.82. The van der Waals surface area contributed by atoms with Crippen molar-refractivity contribution in [3.05, 3.63) is 30.1 Å². The molecule has 0 atom stereocenters. The molecular weight excluding hydrogens is 223 g/mol. The number of hydrogen-bond acceptors (Lipinski definition) is 3. The number of halogens is 1. The molecule has 3 N–H and O–H groups in total. The number of para-hydroxylation sites is 1. The van der Waals surface area contributed by atoms with Crippen LogP contribution in [-0.2, 0) is 10.2 Å². The summed E-state index contributed by atoms with van der Waals surface area (Å²) in [5, 5.41) is 8.42. The Morgan fingerprint density at radius 3 is 2.60 bits per heavy atom. The average Bonchev–Trinajstić information content (AvgIpc) is 2.18. The predicted octanol–water partition coefficient (Wildman–Crippen LogP) is 0.0643. The van der Waals surface area contributed by atoms with Gasteiger partial charge in [0, 0.05) is 6.54 Å². The Morgan fingerprint density at radius 2 is 2.00 bits per heavy atom. The second-order valence-corrected chi connectivity index (χ2v) is 4.20. The minimum Gasteiger partial charge on any atom is -0.395 e. The molecular formula is C8H11FN2O3S. The fourth-order valence-corrected chi connectivity index (χ4v) is 1.79. The molecule has 1 aromatic rings. The van der Waals surface area contributed by atoms with Gasteiger partial charge in [-0.25, -0.2) is 4.39 Å². The topological polar surface area (TPSA) is 78.4 Å². The number of aliphatic hydroxyl groups is 1. The monoisotopic (exact) mass is 234 g/mol. The van der Waals surface area contributed by atoms with Gasteiger partial charge in [0.1, 0.15) is 5.82 Å². The third-order valence-corrected chi connectivity index (χ3v) is 2.59. The normalized spacial score (nSPS) is 11.3. The van der Waals surface area contributed by atoms with E-state index in [4.69, 9.17) is 5.11 Å². The Hall–Kier alpha value is -1.18. The standard InChI is InChI=1S/C8H11FN2O3S/c9-7-3-1-2-4-8(7)11-15(13,14)10-5-6-12/h1-4,10-12H,5-6H2. The summed E-state index contributed by atoms with van der Waals surface area (Å²) in [6.07, 6.45) is 0. The molecule has 0 amide bonds. The highest BCUT2D eigenvalue weighted by Crippen LogP contribution is 2.13. The number of hydrogen-bond donors (Lipinski definition) is 3. The van der Waals surface area contributed by atoms with E-state index in [1.54, 1.807) is 0 Å². The molecule has 0 spiro atoms. The van der Waals surface area contributed by atoms with Crippen molar-refractivity contribution in [3.8, 4) is 0 Å². The van der Waals surface area contributed by atoms with Crippen LogP contribution in [0.4, 0.5) is 10.1 Å². The number of rotatable bonds is 5. The van der Waals surface area contributed by atoms with Gasteiger partial charge in [0.2, 0.25) is 0 Å². The second-order valence-electron chi connectivity index (χ2n) is 2.70. The van der Waals surface area contributed by atoms with E-state index in [2.05, 4.69) is 0 Å². The van der Waals surface area contributed by atoms with E-state index in [9.17, 15) is 12.8 Å². The van der Waals surface area contributed by atoms with Crippen LogP contribution in [0.5, 0.6) is 0 Å². The minimum atomic E-state index is -3.82. The highest BCUT2D eigenvalue weighted by molar-refractivity contribution is 7.90. The fraction of sp³-hybridized carbons (Fsp3) is 0.250. The van der Waals surface area contributed by atoms with Crippen molar-refractivity contribution in [3.63, 3.8) is 0 Å². The van der Waals surface area contributed by atoms with Crippen LogP contribution in [0.25, 0.3) is 0 Å². The van der Waals surface area contributed by atoms with E-state index >= 15 is 0 Å². The summed E-state index contributed by atoms with van der Waals surface area (Å²) in [5.41, 5.74) is -0.136. The van der Waals surface area contributed by atoms with E-state index in [0.717, 1.165) is 6.07 Å². The van der Waals surface area contributed by atoms with Crippen molar-refractivity contribution in [2.24, 2.45) is 0 Å². The van der Waals surface area contributed by atoms with Crippen molar-refractivity contribution >= 4 is 15.9 Å². The van der Waals surface area contributed by atoms with Crippen molar-refractivity contribution < 1.29 is 17.9 Å². The van der Waals surface area contributed by atoms with Gasteiger partial charge in [0.15, 0.2) is 0 Å². The smallest absolute Gasteiger partial charge is 0.299 e.